The van der Waals surface area contributed by atoms with E-state index in [0.717, 1.165) is 31.0 Å². The quantitative estimate of drug-likeness (QED) is 0.897. The van der Waals surface area contributed by atoms with Crippen LogP contribution < -0.4 is 10.2 Å². The van der Waals surface area contributed by atoms with Crippen LogP contribution in [0.4, 0.5) is 5.69 Å². The van der Waals surface area contributed by atoms with Crippen LogP contribution in [-0.2, 0) is 17.6 Å². The third-order valence-electron chi connectivity index (χ3n) is 4.62. The third kappa shape index (κ3) is 2.59. The maximum Gasteiger partial charge on any atom is 0.224 e. The average molecular weight is 272 g/mol. The number of hydrogen-bond acceptors (Lipinski definition) is 2. The standard InChI is InChI=1S/C17H24N2O/c1-12-8-16-10-14(9-15-4-3-7-18-11-15)5-6-17(16)19(12)13(2)20/h5-6,10,12,15,18H,3-4,7-9,11H2,1-2H3. The molecule has 2 aliphatic rings. The highest BCUT2D eigenvalue weighted by molar-refractivity contribution is 5.94. The van der Waals surface area contributed by atoms with Crippen molar-refractivity contribution in [1.82, 2.24) is 5.32 Å². The van der Waals surface area contributed by atoms with E-state index < -0.39 is 0 Å². The molecule has 1 N–H and O–H groups in total. The second-order valence-electron chi connectivity index (χ2n) is 6.32. The normalized spacial score (nSPS) is 25.6. The second kappa shape index (κ2) is 5.57. The van der Waals surface area contributed by atoms with Gasteiger partial charge in [-0.25, -0.2) is 0 Å². The summed E-state index contributed by atoms with van der Waals surface area (Å²) in [4.78, 5) is 13.7. The van der Waals surface area contributed by atoms with Gasteiger partial charge in [-0.1, -0.05) is 12.1 Å². The lowest BCUT2D eigenvalue weighted by atomic mass is 9.91. The van der Waals surface area contributed by atoms with Crippen LogP contribution in [0.15, 0.2) is 18.2 Å². The molecule has 1 saturated heterocycles. The molecule has 0 aliphatic carbocycles. The second-order valence-corrected chi connectivity index (χ2v) is 6.32. The van der Waals surface area contributed by atoms with Gasteiger partial charge in [0.1, 0.15) is 0 Å². The number of nitrogens with one attached hydrogen (secondary N) is 1. The van der Waals surface area contributed by atoms with Crippen molar-refractivity contribution in [3.05, 3.63) is 29.3 Å². The number of nitrogens with zero attached hydrogens (tertiary/aromatic N) is 1. The molecule has 0 saturated carbocycles. The van der Waals surface area contributed by atoms with E-state index in [0.29, 0.717) is 6.04 Å². The Morgan fingerprint density at radius 1 is 1.45 bits per heavy atom. The van der Waals surface area contributed by atoms with Crippen LogP contribution in [0.1, 0.15) is 37.8 Å². The highest BCUT2D eigenvalue weighted by Crippen LogP contribution is 2.33. The Bertz CT molecular complexity index is 506. The number of benzene rings is 1. The van der Waals surface area contributed by atoms with E-state index in [-0.39, 0.29) is 5.91 Å². The van der Waals surface area contributed by atoms with E-state index in [1.54, 1.807) is 6.92 Å². The van der Waals surface area contributed by atoms with Gasteiger partial charge in [-0.2, -0.15) is 0 Å². The van der Waals surface area contributed by atoms with Crippen LogP contribution in [0.3, 0.4) is 0 Å². The lowest BCUT2D eigenvalue weighted by molar-refractivity contribution is -0.116. The predicted molar refractivity (Wildman–Crippen MR) is 82.1 cm³/mol. The van der Waals surface area contributed by atoms with E-state index >= 15 is 0 Å². The van der Waals surface area contributed by atoms with Crippen LogP contribution in [0.5, 0.6) is 0 Å². The van der Waals surface area contributed by atoms with Gasteiger partial charge in [-0.05, 0) is 68.8 Å². The molecule has 1 amide bonds. The first kappa shape index (κ1) is 13.6. The Labute approximate surface area is 121 Å². The maximum absolute atomic E-state index is 11.7. The van der Waals surface area contributed by atoms with Gasteiger partial charge in [-0.15, -0.1) is 0 Å². The first-order valence-corrected chi connectivity index (χ1v) is 7.77. The molecule has 2 heterocycles. The summed E-state index contributed by atoms with van der Waals surface area (Å²) < 4.78 is 0. The number of rotatable bonds is 2. The molecule has 3 rings (SSSR count). The van der Waals surface area contributed by atoms with Crippen molar-refractivity contribution in [3.8, 4) is 0 Å². The molecule has 2 atom stereocenters. The van der Waals surface area contributed by atoms with Gasteiger partial charge in [0.2, 0.25) is 5.91 Å². The molecule has 0 spiro atoms. The summed E-state index contributed by atoms with van der Waals surface area (Å²) in [6, 6.07) is 6.98. The van der Waals surface area contributed by atoms with E-state index in [2.05, 4.69) is 30.4 Å². The largest absolute Gasteiger partial charge is 0.316 e. The Hall–Kier alpha value is -1.35. The van der Waals surface area contributed by atoms with Gasteiger partial charge < -0.3 is 10.2 Å². The molecule has 2 unspecified atom stereocenters. The summed E-state index contributed by atoms with van der Waals surface area (Å²) in [5.74, 6) is 0.921. The van der Waals surface area contributed by atoms with Crippen LogP contribution in [0, 0.1) is 5.92 Å². The van der Waals surface area contributed by atoms with Crippen molar-refractivity contribution < 1.29 is 4.79 Å². The lowest BCUT2D eigenvalue weighted by Gasteiger charge is -2.23. The number of hydrogen-bond donors (Lipinski definition) is 1. The first-order chi connectivity index (χ1) is 9.65. The summed E-state index contributed by atoms with van der Waals surface area (Å²) in [6.07, 6.45) is 4.78. The molecule has 1 fully saturated rings. The molecule has 108 valence electrons. The molecule has 0 bridgehead atoms. The lowest BCUT2D eigenvalue weighted by Crippen LogP contribution is -2.33. The van der Waals surface area contributed by atoms with E-state index in [1.807, 2.05) is 4.90 Å². The van der Waals surface area contributed by atoms with Gasteiger partial charge in [0.05, 0.1) is 0 Å². The van der Waals surface area contributed by atoms with Crippen molar-refractivity contribution in [2.45, 2.75) is 45.6 Å². The van der Waals surface area contributed by atoms with Crippen molar-refractivity contribution in [2.75, 3.05) is 18.0 Å². The molecular weight excluding hydrogens is 248 g/mol. The minimum atomic E-state index is 0.153. The fourth-order valence-corrected chi connectivity index (χ4v) is 3.72. The summed E-state index contributed by atoms with van der Waals surface area (Å²) in [6.45, 7) is 6.11. The molecule has 2 aliphatic heterocycles. The van der Waals surface area contributed by atoms with Gasteiger partial charge >= 0.3 is 0 Å². The molecular formula is C17H24N2O. The molecule has 1 aromatic carbocycles. The number of piperidine rings is 1. The zero-order valence-corrected chi connectivity index (χ0v) is 12.5. The summed E-state index contributed by atoms with van der Waals surface area (Å²) in [5, 5.41) is 3.48. The van der Waals surface area contributed by atoms with E-state index in [9.17, 15) is 4.79 Å². The molecule has 3 nitrogen and oxygen atoms in total. The molecule has 3 heteroatoms. The Morgan fingerprint density at radius 2 is 2.30 bits per heavy atom. The highest BCUT2D eigenvalue weighted by atomic mass is 16.2. The van der Waals surface area contributed by atoms with Crippen molar-refractivity contribution >= 4 is 11.6 Å². The van der Waals surface area contributed by atoms with Gasteiger partial charge in [0.25, 0.3) is 0 Å². The van der Waals surface area contributed by atoms with Crippen molar-refractivity contribution in [3.63, 3.8) is 0 Å². The predicted octanol–water partition coefficient (Wildman–Crippen LogP) is 2.53. The zero-order valence-electron chi connectivity index (χ0n) is 12.5. The Balaban J connectivity index is 1.77. The van der Waals surface area contributed by atoms with Crippen LogP contribution in [0.25, 0.3) is 0 Å². The number of carbonyl (C=O) groups is 1. The maximum atomic E-state index is 11.7. The summed E-state index contributed by atoms with van der Waals surface area (Å²) in [5.41, 5.74) is 3.89. The average Bonchev–Trinajstić information content (AvgIpc) is 2.75. The van der Waals surface area contributed by atoms with E-state index in [1.165, 1.54) is 30.5 Å². The smallest absolute Gasteiger partial charge is 0.224 e. The molecule has 20 heavy (non-hydrogen) atoms. The zero-order chi connectivity index (χ0) is 14.1. The van der Waals surface area contributed by atoms with Gasteiger partial charge in [0, 0.05) is 18.7 Å². The number of amides is 1. The van der Waals surface area contributed by atoms with Gasteiger partial charge in [0.15, 0.2) is 0 Å². The topological polar surface area (TPSA) is 32.3 Å². The van der Waals surface area contributed by atoms with Crippen LogP contribution >= 0.6 is 0 Å². The number of carbonyl (C=O) groups excluding carboxylic acids is 1. The molecule has 0 aromatic heterocycles. The SMILES string of the molecule is CC(=O)N1c2ccc(CC3CCCNC3)cc2CC1C. The first-order valence-electron chi connectivity index (χ1n) is 7.77. The van der Waals surface area contributed by atoms with Crippen LogP contribution in [-0.4, -0.2) is 25.0 Å². The van der Waals surface area contributed by atoms with Crippen molar-refractivity contribution in [1.29, 1.82) is 0 Å². The minimum Gasteiger partial charge on any atom is -0.316 e. The highest BCUT2D eigenvalue weighted by Gasteiger charge is 2.29. The summed E-state index contributed by atoms with van der Waals surface area (Å²) >= 11 is 0. The monoisotopic (exact) mass is 272 g/mol. The summed E-state index contributed by atoms with van der Waals surface area (Å²) in [7, 11) is 0. The fraction of sp³-hybridized carbons (Fsp3) is 0.588. The van der Waals surface area contributed by atoms with Gasteiger partial charge in [-0.3, -0.25) is 4.79 Å². The number of fused-ring (bicyclic) bond motifs is 1. The van der Waals surface area contributed by atoms with Crippen LogP contribution in [0.2, 0.25) is 0 Å². The Morgan fingerprint density at radius 3 is 3.00 bits per heavy atom. The Kier molecular flexibility index (Phi) is 3.79. The fourth-order valence-electron chi connectivity index (χ4n) is 3.72. The van der Waals surface area contributed by atoms with Crippen molar-refractivity contribution in [2.24, 2.45) is 5.92 Å². The number of anilines is 1. The van der Waals surface area contributed by atoms with E-state index in [4.69, 9.17) is 0 Å². The molecule has 0 radical (unpaired) electrons. The molecule has 1 aromatic rings. The third-order valence-corrected chi connectivity index (χ3v) is 4.62. The minimum absolute atomic E-state index is 0.153.